The van der Waals surface area contributed by atoms with Crippen molar-refractivity contribution in [2.24, 2.45) is 7.05 Å². The van der Waals surface area contributed by atoms with Crippen molar-refractivity contribution in [1.82, 2.24) is 14.5 Å². The van der Waals surface area contributed by atoms with Gasteiger partial charge >= 0.3 is 0 Å². The number of hydrogen-bond donors (Lipinski definition) is 2. The molecule has 9 heteroatoms. The first-order valence-electron chi connectivity index (χ1n) is 16.4. The maximum atomic E-state index is 13.1. The Morgan fingerprint density at radius 2 is 1.57 bits per heavy atom. The number of ether oxygens (including phenoxy) is 2. The minimum Gasteiger partial charge on any atom is -0.493 e. The average Bonchev–Trinajstić information content (AvgIpc) is 3.13. The van der Waals surface area contributed by atoms with Crippen molar-refractivity contribution in [3.63, 3.8) is 0 Å². The zero-order valence-corrected chi connectivity index (χ0v) is 28.0. The van der Waals surface area contributed by atoms with Gasteiger partial charge in [-0.25, -0.2) is 0 Å². The smallest absolute Gasteiger partial charge is 0.274 e. The fraction of sp³-hybridized carbons (Fsp3) is 0.225. The second-order valence-corrected chi connectivity index (χ2v) is 12.2. The summed E-state index contributed by atoms with van der Waals surface area (Å²) in [6, 6.07) is 28.4. The molecule has 0 fully saturated rings. The molecule has 1 amide bonds. The summed E-state index contributed by atoms with van der Waals surface area (Å²) >= 11 is 0. The van der Waals surface area contributed by atoms with Crippen molar-refractivity contribution < 1.29 is 14.3 Å². The molecule has 1 aliphatic rings. The molecule has 5 aromatic rings. The number of fused-ring (bicyclic) bond motifs is 1. The summed E-state index contributed by atoms with van der Waals surface area (Å²) in [7, 11) is 4.91. The summed E-state index contributed by atoms with van der Waals surface area (Å²) in [6.07, 6.45) is 6.21. The molecule has 0 spiro atoms. The first kappa shape index (κ1) is 33.2. The molecule has 6 rings (SSSR count). The number of rotatable bonds is 10. The van der Waals surface area contributed by atoms with Crippen LogP contribution in [0.2, 0.25) is 0 Å². The minimum absolute atomic E-state index is 0.136. The van der Waals surface area contributed by atoms with E-state index in [2.05, 4.69) is 27.3 Å². The topological polar surface area (TPSA) is 106 Å². The molecule has 2 N–H and O–H groups in total. The predicted octanol–water partition coefficient (Wildman–Crippen LogP) is 3.99. The Morgan fingerprint density at radius 3 is 2.31 bits per heavy atom. The minimum atomic E-state index is -0.380. The van der Waals surface area contributed by atoms with E-state index in [1.807, 2.05) is 54.6 Å². The normalized spacial score (nSPS) is 13.6. The third kappa shape index (κ3) is 7.90. The van der Waals surface area contributed by atoms with E-state index < -0.39 is 0 Å². The van der Waals surface area contributed by atoms with Gasteiger partial charge in [-0.1, -0.05) is 54.6 Å². The first-order valence-corrected chi connectivity index (χ1v) is 16.4. The summed E-state index contributed by atoms with van der Waals surface area (Å²) in [5.74, 6) is 1.28. The number of aromatic nitrogens is 2. The monoisotopic (exact) mass is 656 g/mol. The Morgan fingerprint density at radius 1 is 0.857 bits per heavy atom. The van der Waals surface area contributed by atoms with Crippen LogP contribution in [0.1, 0.15) is 44.6 Å². The fourth-order valence-electron chi connectivity index (χ4n) is 6.18. The highest BCUT2D eigenvalue weighted by Crippen LogP contribution is 2.33. The number of H-pyrrole nitrogens is 1. The van der Waals surface area contributed by atoms with E-state index in [-0.39, 0.29) is 27.7 Å². The van der Waals surface area contributed by atoms with Crippen molar-refractivity contribution in [3.8, 4) is 11.5 Å². The highest BCUT2D eigenvalue weighted by Gasteiger charge is 2.19. The summed E-state index contributed by atoms with van der Waals surface area (Å²) in [5.41, 5.74) is 5.66. The van der Waals surface area contributed by atoms with E-state index in [0.29, 0.717) is 16.8 Å². The van der Waals surface area contributed by atoms with Crippen LogP contribution in [0.5, 0.6) is 11.5 Å². The second-order valence-electron chi connectivity index (χ2n) is 12.2. The number of aromatic amines is 1. The van der Waals surface area contributed by atoms with Crippen LogP contribution in [-0.4, -0.2) is 47.7 Å². The van der Waals surface area contributed by atoms with E-state index in [0.717, 1.165) is 56.0 Å². The first-order chi connectivity index (χ1) is 23.8. The lowest BCUT2D eigenvalue weighted by molar-refractivity contribution is 0.102. The van der Waals surface area contributed by atoms with Crippen LogP contribution >= 0.6 is 0 Å². The Bertz CT molecular complexity index is 2210. The third-order valence-corrected chi connectivity index (χ3v) is 8.89. The van der Waals surface area contributed by atoms with Gasteiger partial charge in [-0.3, -0.25) is 19.3 Å². The molecule has 0 saturated carbocycles. The standard InChI is InChI=1S/C40H40N4O5/c1-43-35(23-28-9-5-4-6-10-28)39(46)42-34(40(43)47)22-29-11-7-13-31(21-29)38(45)41-33-16-14-27(15-17-33)12-8-19-44-20-18-30-24-36(48-2)37(49-3)25-32(30)26-44/h4-7,9-11,13-17,21-25H,8,12,18-20,26H2,1-3H3,(H,41,45)(H,42,46). The molecular weight excluding hydrogens is 616 g/mol. The SMILES string of the molecule is COc1cc2c(cc1OC)CN(CCCc1ccc(NC(=O)c3cccc(C=c4[nH]c(=O)c(=Cc5ccccc5)n(C)c4=O)c3)cc1)CC2. The highest BCUT2D eigenvalue weighted by atomic mass is 16.5. The van der Waals surface area contributed by atoms with Crippen LogP contribution in [0.4, 0.5) is 5.69 Å². The van der Waals surface area contributed by atoms with Gasteiger partial charge in [0.15, 0.2) is 11.5 Å². The molecule has 0 aliphatic carbocycles. The van der Waals surface area contributed by atoms with Crippen molar-refractivity contribution in [3.05, 3.63) is 156 Å². The molecule has 1 aromatic heterocycles. The van der Waals surface area contributed by atoms with Crippen LogP contribution in [0.25, 0.3) is 12.2 Å². The molecule has 250 valence electrons. The molecule has 2 heterocycles. The Balaban J connectivity index is 1.06. The number of anilines is 1. The number of hydrogen-bond acceptors (Lipinski definition) is 6. The number of aryl methyl sites for hydroxylation is 1. The van der Waals surface area contributed by atoms with E-state index >= 15 is 0 Å². The van der Waals surface area contributed by atoms with Crippen LogP contribution < -0.4 is 36.6 Å². The Hall–Kier alpha value is -5.67. The van der Waals surface area contributed by atoms with Crippen LogP contribution in [-0.2, 0) is 26.4 Å². The number of amides is 1. The van der Waals surface area contributed by atoms with E-state index in [4.69, 9.17) is 9.47 Å². The molecule has 1 aliphatic heterocycles. The fourth-order valence-corrected chi connectivity index (χ4v) is 6.18. The van der Waals surface area contributed by atoms with Gasteiger partial charge in [-0.15, -0.1) is 0 Å². The van der Waals surface area contributed by atoms with Gasteiger partial charge in [0.25, 0.3) is 17.0 Å². The van der Waals surface area contributed by atoms with Gasteiger partial charge in [0.05, 0.1) is 14.2 Å². The number of benzene rings is 4. The number of nitrogens with zero attached hydrogens (tertiary/aromatic N) is 2. The average molecular weight is 657 g/mol. The van der Waals surface area contributed by atoms with Crippen molar-refractivity contribution in [1.29, 1.82) is 0 Å². The zero-order chi connectivity index (χ0) is 34.3. The van der Waals surface area contributed by atoms with Crippen molar-refractivity contribution >= 4 is 23.7 Å². The molecule has 49 heavy (non-hydrogen) atoms. The molecule has 0 atom stereocenters. The highest BCUT2D eigenvalue weighted by molar-refractivity contribution is 6.04. The summed E-state index contributed by atoms with van der Waals surface area (Å²) in [4.78, 5) is 44.3. The summed E-state index contributed by atoms with van der Waals surface area (Å²) < 4.78 is 12.3. The van der Waals surface area contributed by atoms with E-state index in [9.17, 15) is 14.4 Å². The van der Waals surface area contributed by atoms with Gasteiger partial charge < -0.3 is 24.3 Å². The molecule has 0 radical (unpaired) electrons. The summed E-state index contributed by atoms with van der Waals surface area (Å²) in [5, 5.41) is 3.35. The van der Waals surface area contributed by atoms with Crippen molar-refractivity contribution in [2.75, 3.05) is 32.6 Å². The number of carbonyl (C=O) groups excluding carboxylic acids is 1. The maximum Gasteiger partial charge on any atom is 0.274 e. The third-order valence-electron chi connectivity index (χ3n) is 8.89. The number of methoxy groups -OCH3 is 2. The zero-order valence-electron chi connectivity index (χ0n) is 28.0. The quantitative estimate of drug-likeness (QED) is 0.236. The summed E-state index contributed by atoms with van der Waals surface area (Å²) in [6.45, 7) is 2.91. The second kappa shape index (κ2) is 15.0. The lowest BCUT2D eigenvalue weighted by atomic mass is 9.98. The lowest BCUT2D eigenvalue weighted by Gasteiger charge is -2.29. The molecule has 0 bridgehead atoms. The number of nitrogens with one attached hydrogen (secondary N) is 2. The van der Waals surface area contributed by atoms with E-state index in [1.165, 1.54) is 21.3 Å². The largest absolute Gasteiger partial charge is 0.493 e. The van der Waals surface area contributed by atoms with Crippen molar-refractivity contribution in [2.45, 2.75) is 25.8 Å². The number of carbonyl (C=O) groups is 1. The van der Waals surface area contributed by atoms with Gasteiger partial charge in [-0.2, -0.15) is 0 Å². The van der Waals surface area contributed by atoms with Crippen LogP contribution in [0.15, 0.2) is 101 Å². The molecule has 9 nitrogen and oxygen atoms in total. The lowest BCUT2D eigenvalue weighted by Crippen LogP contribution is -2.52. The Kier molecular flexibility index (Phi) is 10.2. The van der Waals surface area contributed by atoms with Gasteiger partial charge in [-0.05, 0) is 102 Å². The van der Waals surface area contributed by atoms with Crippen LogP contribution in [0.3, 0.4) is 0 Å². The molecular formula is C40H40N4O5. The maximum absolute atomic E-state index is 13.1. The van der Waals surface area contributed by atoms with E-state index in [1.54, 1.807) is 57.7 Å². The molecule has 4 aromatic carbocycles. The Labute approximate surface area is 284 Å². The molecule has 0 saturated heterocycles. The predicted molar refractivity (Wildman–Crippen MR) is 193 cm³/mol. The van der Waals surface area contributed by atoms with Gasteiger partial charge in [0.2, 0.25) is 0 Å². The molecule has 0 unspecified atom stereocenters. The van der Waals surface area contributed by atoms with Crippen LogP contribution in [0, 0.1) is 0 Å². The van der Waals surface area contributed by atoms with Gasteiger partial charge in [0.1, 0.15) is 10.7 Å². The van der Waals surface area contributed by atoms with Gasteiger partial charge in [0, 0.05) is 31.4 Å².